The Balaban J connectivity index is 2.88. The van der Waals surface area contributed by atoms with E-state index in [4.69, 9.17) is 25.1 Å². The lowest BCUT2D eigenvalue weighted by molar-refractivity contribution is 0.0367. The van der Waals surface area contributed by atoms with Gasteiger partial charge in [-0.1, -0.05) is 39.0 Å². The van der Waals surface area contributed by atoms with Gasteiger partial charge in [-0.3, -0.25) is 8.74 Å². The van der Waals surface area contributed by atoms with Crippen LogP contribution >= 0.6 is 11.6 Å². The van der Waals surface area contributed by atoms with Crippen LogP contribution in [-0.4, -0.2) is 26.8 Å². The van der Waals surface area contributed by atoms with Gasteiger partial charge in [-0.15, -0.1) is 11.6 Å². The Morgan fingerprint density at radius 3 is 2.38 bits per heavy atom. The van der Waals surface area contributed by atoms with Crippen LogP contribution in [0.1, 0.15) is 39.7 Å². The van der Waals surface area contributed by atoms with Crippen LogP contribution in [0, 0.1) is 0 Å². The molecule has 1 aromatic rings. The van der Waals surface area contributed by atoms with Gasteiger partial charge in [-0.2, -0.15) is 4.21 Å². The van der Waals surface area contributed by atoms with Crippen molar-refractivity contribution in [1.82, 2.24) is 0 Å². The molecule has 0 spiro atoms. The third-order valence-corrected chi connectivity index (χ3v) is 3.86. The molecule has 0 aliphatic heterocycles. The van der Waals surface area contributed by atoms with Gasteiger partial charge in [-0.25, -0.2) is 0 Å². The van der Waals surface area contributed by atoms with Crippen LogP contribution in [0.5, 0.6) is 5.75 Å². The number of ether oxygens (including phenoxy) is 1. The highest BCUT2D eigenvalue weighted by molar-refractivity contribution is 7.74. The standard InChI is InChI=1S/C15H23ClO4S/c1-14(2,3)12-7-5-6-8-13(12)19-11-15(4,9-10-16)20-21(17)18/h5-8H,9-11H2,1-4H3,(H,17,18). The molecule has 0 radical (unpaired) electrons. The van der Waals surface area contributed by atoms with Gasteiger partial charge < -0.3 is 4.74 Å². The molecular formula is C15H23ClO4S. The van der Waals surface area contributed by atoms with Gasteiger partial charge in [0.25, 0.3) is 0 Å². The monoisotopic (exact) mass is 334 g/mol. The number of hydrogen-bond acceptors (Lipinski definition) is 3. The minimum atomic E-state index is -2.36. The third-order valence-electron chi connectivity index (χ3n) is 3.12. The fourth-order valence-corrected chi connectivity index (χ4v) is 2.83. The topological polar surface area (TPSA) is 55.8 Å². The van der Waals surface area contributed by atoms with Crippen molar-refractivity contribution in [3.8, 4) is 5.75 Å². The molecule has 0 bridgehead atoms. The average Bonchev–Trinajstić information content (AvgIpc) is 2.35. The van der Waals surface area contributed by atoms with E-state index in [0.29, 0.717) is 12.3 Å². The molecule has 21 heavy (non-hydrogen) atoms. The first-order chi connectivity index (χ1) is 9.68. The van der Waals surface area contributed by atoms with Gasteiger partial charge in [-0.05, 0) is 30.4 Å². The molecule has 1 aromatic carbocycles. The molecule has 120 valence electrons. The van der Waals surface area contributed by atoms with Crippen molar-refractivity contribution in [2.75, 3.05) is 12.5 Å². The zero-order chi connectivity index (χ0) is 16.1. The second-order valence-corrected chi connectivity index (χ2v) is 7.20. The van der Waals surface area contributed by atoms with Gasteiger partial charge in [0.15, 0.2) is 0 Å². The minimum Gasteiger partial charge on any atom is -0.490 e. The highest BCUT2D eigenvalue weighted by Crippen LogP contribution is 2.32. The van der Waals surface area contributed by atoms with Gasteiger partial charge in [0, 0.05) is 5.88 Å². The first kappa shape index (κ1) is 18.4. The summed E-state index contributed by atoms with van der Waals surface area (Å²) in [7, 11) is 0. The lowest BCUT2D eigenvalue weighted by Crippen LogP contribution is -2.37. The summed E-state index contributed by atoms with van der Waals surface area (Å²) in [5, 5.41) is 0. The molecule has 0 aromatic heterocycles. The number of para-hydroxylation sites is 1. The molecular weight excluding hydrogens is 312 g/mol. The van der Waals surface area contributed by atoms with Gasteiger partial charge >= 0.3 is 11.4 Å². The SMILES string of the molecule is CC(CCCl)(COc1ccccc1C(C)(C)C)OS(=O)O. The fourth-order valence-electron chi connectivity index (χ4n) is 1.95. The summed E-state index contributed by atoms with van der Waals surface area (Å²) >= 11 is 3.38. The van der Waals surface area contributed by atoms with Crippen molar-refractivity contribution < 1.29 is 17.7 Å². The van der Waals surface area contributed by atoms with E-state index >= 15 is 0 Å². The minimum absolute atomic E-state index is 0.0554. The first-order valence-electron chi connectivity index (χ1n) is 6.76. The van der Waals surface area contributed by atoms with Crippen LogP contribution in [0.2, 0.25) is 0 Å². The van der Waals surface area contributed by atoms with Crippen LogP contribution in [-0.2, 0) is 21.0 Å². The number of halogens is 1. The zero-order valence-electron chi connectivity index (χ0n) is 12.9. The maximum Gasteiger partial charge on any atom is 0.302 e. The molecule has 0 heterocycles. The summed E-state index contributed by atoms with van der Waals surface area (Å²) in [5.74, 6) is 1.07. The van der Waals surface area contributed by atoms with E-state index in [1.807, 2.05) is 24.3 Å². The summed E-state index contributed by atoms with van der Waals surface area (Å²) in [4.78, 5) is 0. The molecule has 0 saturated carbocycles. The molecule has 2 atom stereocenters. The van der Waals surface area contributed by atoms with Gasteiger partial charge in [0.2, 0.25) is 0 Å². The molecule has 0 fully saturated rings. The summed E-state index contributed by atoms with van der Waals surface area (Å²) in [6, 6.07) is 7.76. The summed E-state index contributed by atoms with van der Waals surface area (Å²) in [6.45, 7) is 8.17. The van der Waals surface area contributed by atoms with E-state index in [2.05, 4.69) is 20.8 Å². The summed E-state index contributed by atoms with van der Waals surface area (Å²) in [6.07, 6.45) is 0.415. The van der Waals surface area contributed by atoms with Crippen LogP contribution in [0.15, 0.2) is 24.3 Å². The second-order valence-electron chi connectivity index (χ2n) is 6.22. The average molecular weight is 335 g/mol. The van der Waals surface area contributed by atoms with Gasteiger partial charge in [0.1, 0.15) is 18.0 Å². The Kier molecular flexibility index (Phi) is 6.66. The van der Waals surface area contributed by atoms with Crippen LogP contribution < -0.4 is 4.74 Å². The number of hydrogen-bond donors (Lipinski definition) is 1. The largest absolute Gasteiger partial charge is 0.490 e. The summed E-state index contributed by atoms with van der Waals surface area (Å²) < 4.78 is 30.8. The van der Waals surface area contributed by atoms with Crippen molar-refractivity contribution in [2.24, 2.45) is 0 Å². The fraction of sp³-hybridized carbons (Fsp3) is 0.600. The molecule has 0 saturated heterocycles. The highest BCUT2D eigenvalue weighted by Gasteiger charge is 2.29. The molecule has 2 unspecified atom stereocenters. The van der Waals surface area contributed by atoms with Crippen molar-refractivity contribution in [3.63, 3.8) is 0 Å². The molecule has 1 N–H and O–H groups in total. The Bertz CT molecular complexity index is 487. The van der Waals surface area contributed by atoms with E-state index in [1.54, 1.807) is 6.92 Å². The smallest absolute Gasteiger partial charge is 0.302 e. The van der Waals surface area contributed by atoms with E-state index in [1.165, 1.54) is 0 Å². The molecule has 6 heteroatoms. The second kappa shape index (κ2) is 7.58. The maximum atomic E-state index is 10.9. The van der Waals surface area contributed by atoms with Crippen LogP contribution in [0.3, 0.4) is 0 Å². The highest BCUT2D eigenvalue weighted by atomic mass is 35.5. The van der Waals surface area contributed by atoms with E-state index in [-0.39, 0.29) is 12.0 Å². The lowest BCUT2D eigenvalue weighted by Gasteiger charge is -2.29. The van der Waals surface area contributed by atoms with E-state index in [9.17, 15) is 4.21 Å². The molecule has 0 amide bonds. The summed E-state index contributed by atoms with van der Waals surface area (Å²) in [5.41, 5.74) is 0.107. The molecule has 0 aliphatic rings. The maximum absolute atomic E-state index is 10.9. The Hall–Kier alpha value is -0.620. The predicted molar refractivity (Wildman–Crippen MR) is 86.2 cm³/mol. The number of alkyl halides is 1. The predicted octanol–water partition coefficient (Wildman–Crippen LogP) is 3.90. The van der Waals surface area contributed by atoms with Crippen LogP contribution in [0.4, 0.5) is 0 Å². The molecule has 0 aliphatic carbocycles. The van der Waals surface area contributed by atoms with Crippen molar-refractivity contribution >= 4 is 23.0 Å². The van der Waals surface area contributed by atoms with E-state index < -0.39 is 17.0 Å². The number of rotatable bonds is 7. The Morgan fingerprint density at radius 2 is 1.86 bits per heavy atom. The Labute approximate surface area is 134 Å². The number of benzene rings is 1. The van der Waals surface area contributed by atoms with Crippen molar-refractivity contribution in [3.05, 3.63) is 29.8 Å². The quantitative estimate of drug-likeness (QED) is 0.607. The molecule has 1 rings (SSSR count). The first-order valence-corrected chi connectivity index (χ1v) is 8.33. The normalized spacial score (nSPS) is 16.3. The zero-order valence-corrected chi connectivity index (χ0v) is 14.5. The van der Waals surface area contributed by atoms with Crippen molar-refractivity contribution in [2.45, 2.75) is 45.1 Å². The van der Waals surface area contributed by atoms with E-state index in [0.717, 1.165) is 11.3 Å². The van der Waals surface area contributed by atoms with Gasteiger partial charge in [0.05, 0.1) is 0 Å². The molecule has 4 nitrogen and oxygen atoms in total. The Morgan fingerprint density at radius 1 is 1.24 bits per heavy atom. The van der Waals surface area contributed by atoms with Crippen molar-refractivity contribution in [1.29, 1.82) is 0 Å². The van der Waals surface area contributed by atoms with Crippen LogP contribution in [0.25, 0.3) is 0 Å². The lowest BCUT2D eigenvalue weighted by atomic mass is 9.86. The third kappa shape index (κ3) is 5.94.